The van der Waals surface area contributed by atoms with Crippen LogP contribution in [0, 0.1) is 12.8 Å². The van der Waals surface area contributed by atoms with Crippen LogP contribution in [-0.4, -0.2) is 25.4 Å². The first kappa shape index (κ1) is 18.5. The van der Waals surface area contributed by atoms with E-state index in [1.54, 1.807) is 25.4 Å². The zero-order chi connectivity index (χ0) is 19.7. The van der Waals surface area contributed by atoms with Crippen LogP contribution in [0.2, 0.25) is 0 Å². The molecule has 0 saturated carbocycles. The molecule has 3 heterocycles. The molecule has 0 bridgehead atoms. The van der Waals surface area contributed by atoms with Gasteiger partial charge in [0.2, 0.25) is 0 Å². The zero-order valence-electron chi connectivity index (χ0n) is 15.6. The summed E-state index contributed by atoms with van der Waals surface area (Å²) in [5, 5.41) is 3.07. The Morgan fingerprint density at radius 2 is 2.04 bits per heavy atom. The van der Waals surface area contributed by atoms with Crippen LogP contribution in [0.4, 0.5) is 0 Å². The van der Waals surface area contributed by atoms with E-state index in [1.807, 2.05) is 26.0 Å². The van der Waals surface area contributed by atoms with E-state index in [9.17, 15) is 14.4 Å². The summed E-state index contributed by atoms with van der Waals surface area (Å²) in [6.07, 6.45) is 3.37. The molecule has 0 spiro atoms. The Bertz CT molecular complexity index is 1120. The van der Waals surface area contributed by atoms with E-state index >= 15 is 0 Å². The molecule has 1 amide bonds. The number of aryl methyl sites for hydroxylation is 2. The smallest absolute Gasteiger partial charge is 0.329 e. The van der Waals surface area contributed by atoms with Gasteiger partial charge in [0.1, 0.15) is 5.65 Å². The number of carbonyl (C=O) groups excluding carboxylic acids is 1. The highest BCUT2D eigenvalue weighted by atomic mass is 16.2. The van der Waals surface area contributed by atoms with Gasteiger partial charge < -0.3 is 5.32 Å². The molecule has 0 aliphatic heterocycles. The number of pyridine rings is 2. The highest BCUT2D eigenvalue weighted by Gasteiger charge is 2.23. The highest BCUT2D eigenvalue weighted by Crippen LogP contribution is 2.22. The lowest BCUT2D eigenvalue weighted by Crippen LogP contribution is -2.34. The van der Waals surface area contributed by atoms with Gasteiger partial charge in [-0.2, -0.15) is 0 Å². The minimum absolute atomic E-state index is 0.0916. The second kappa shape index (κ2) is 7.14. The van der Waals surface area contributed by atoms with Crippen LogP contribution in [0.15, 0.2) is 40.2 Å². The Hall–Kier alpha value is -3.29. The van der Waals surface area contributed by atoms with E-state index in [0.29, 0.717) is 5.69 Å². The Balaban J connectivity index is 2.12. The van der Waals surface area contributed by atoms with Crippen LogP contribution < -0.4 is 16.6 Å². The van der Waals surface area contributed by atoms with Crippen molar-refractivity contribution in [3.05, 3.63) is 68.3 Å². The number of fused-ring (bicyclic) bond motifs is 1. The Morgan fingerprint density at radius 3 is 2.67 bits per heavy atom. The van der Waals surface area contributed by atoms with Crippen LogP contribution in [0.1, 0.15) is 41.5 Å². The number of amides is 1. The summed E-state index contributed by atoms with van der Waals surface area (Å²) < 4.78 is 1.22. The van der Waals surface area contributed by atoms with E-state index in [4.69, 9.17) is 0 Å². The van der Waals surface area contributed by atoms with Gasteiger partial charge in [0.05, 0.1) is 17.0 Å². The summed E-state index contributed by atoms with van der Waals surface area (Å²) in [6, 6.07) is 4.98. The van der Waals surface area contributed by atoms with Crippen molar-refractivity contribution in [2.24, 2.45) is 13.0 Å². The maximum atomic E-state index is 13.0. The highest BCUT2D eigenvalue weighted by molar-refractivity contribution is 6.05. The third kappa shape index (κ3) is 3.51. The second-order valence-electron chi connectivity index (χ2n) is 6.81. The number of aromatic nitrogens is 4. The van der Waals surface area contributed by atoms with E-state index < -0.39 is 17.2 Å². The molecule has 27 heavy (non-hydrogen) atoms. The number of hydrogen-bond acceptors (Lipinski definition) is 5. The minimum Gasteiger partial charge on any atom is -0.345 e. The van der Waals surface area contributed by atoms with Gasteiger partial charge in [-0.3, -0.25) is 24.1 Å². The van der Waals surface area contributed by atoms with Crippen LogP contribution in [0.3, 0.4) is 0 Å². The van der Waals surface area contributed by atoms with Crippen LogP contribution in [-0.2, 0) is 7.05 Å². The maximum Gasteiger partial charge on any atom is 0.329 e. The van der Waals surface area contributed by atoms with Crippen molar-refractivity contribution in [1.82, 2.24) is 24.8 Å². The maximum absolute atomic E-state index is 13.0. The lowest BCUT2D eigenvalue weighted by Gasteiger charge is -2.23. The summed E-state index contributed by atoms with van der Waals surface area (Å²) in [5.41, 5.74) is 0.564. The Labute approximate surface area is 155 Å². The average molecular weight is 367 g/mol. The third-order valence-electron chi connectivity index (χ3n) is 4.44. The molecule has 3 aromatic heterocycles. The molecule has 8 nitrogen and oxygen atoms in total. The van der Waals surface area contributed by atoms with Crippen molar-refractivity contribution in [2.45, 2.75) is 26.8 Å². The largest absolute Gasteiger partial charge is 0.345 e. The molecule has 0 aliphatic rings. The summed E-state index contributed by atoms with van der Waals surface area (Å²) in [5.74, 6) is -0.299. The molecule has 1 atom stereocenters. The number of rotatable bonds is 4. The van der Waals surface area contributed by atoms with Crippen molar-refractivity contribution < 1.29 is 4.79 Å². The topological polar surface area (TPSA) is 110 Å². The normalized spacial score (nSPS) is 12.3. The molecule has 8 heteroatoms. The van der Waals surface area contributed by atoms with Crippen molar-refractivity contribution in [1.29, 1.82) is 0 Å². The minimum atomic E-state index is -0.631. The molecule has 0 aromatic carbocycles. The van der Waals surface area contributed by atoms with Gasteiger partial charge in [-0.25, -0.2) is 9.78 Å². The molecule has 2 N–H and O–H groups in total. The fourth-order valence-electron chi connectivity index (χ4n) is 3.06. The number of hydrogen-bond donors (Lipinski definition) is 2. The lowest BCUT2D eigenvalue weighted by molar-refractivity contribution is 0.0927. The van der Waals surface area contributed by atoms with Crippen molar-refractivity contribution >= 4 is 16.9 Å². The monoisotopic (exact) mass is 367 g/mol. The number of nitrogens with zero attached hydrogens (tertiary/aromatic N) is 3. The van der Waals surface area contributed by atoms with E-state index in [2.05, 4.69) is 20.3 Å². The fourth-order valence-corrected chi connectivity index (χ4v) is 3.06. The quantitative estimate of drug-likeness (QED) is 0.725. The summed E-state index contributed by atoms with van der Waals surface area (Å²) >= 11 is 0. The first-order chi connectivity index (χ1) is 12.8. The van der Waals surface area contributed by atoms with Gasteiger partial charge in [0.25, 0.3) is 11.5 Å². The fraction of sp³-hybridized carbons (Fsp3) is 0.316. The van der Waals surface area contributed by atoms with Gasteiger partial charge in [0, 0.05) is 25.1 Å². The molecular formula is C19H21N5O3. The average Bonchev–Trinajstić information content (AvgIpc) is 2.63. The number of aromatic amines is 1. The second-order valence-corrected chi connectivity index (χ2v) is 6.81. The molecule has 0 radical (unpaired) electrons. The molecule has 0 aliphatic carbocycles. The summed E-state index contributed by atoms with van der Waals surface area (Å²) in [4.78, 5) is 47.9. The van der Waals surface area contributed by atoms with Crippen LogP contribution in [0.25, 0.3) is 11.0 Å². The van der Waals surface area contributed by atoms with Gasteiger partial charge in [-0.1, -0.05) is 19.9 Å². The number of H-pyrrole nitrogens is 1. The first-order valence-corrected chi connectivity index (χ1v) is 8.61. The molecule has 0 saturated heterocycles. The Morgan fingerprint density at radius 1 is 1.30 bits per heavy atom. The van der Waals surface area contributed by atoms with Crippen LogP contribution >= 0.6 is 0 Å². The van der Waals surface area contributed by atoms with Gasteiger partial charge in [0.15, 0.2) is 0 Å². The first-order valence-electron chi connectivity index (χ1n) is 8.61. The molecule has 140 valence electrons. The van der Waals surface area contributed by atoms with E-state index in [-0.39, 0.29) is 28.6 Å². The van der Waals surface area contributed by atoms with Crippen LogP contribution in [0.5, 0.6) is 0 Å². The third-order valence-corrected chi connectivity index (χ3v) is 4.44. The van der Waals surface area contributed by atoms with Gasteiger partial charge in [-0.05, 0) is 30.5 Å². The molecule has 1 unspecified atom stereocenters. The number of nitrogens with one attached hydrogen (secondary N) is 2. The zero-order valence-corrected chi connectivity index (χ0v) is 15.6. The molecule has 3 rings (SSSR count). The lowest BCUT2D eigenvalue weighted by atomic mass is 9.97. The summed E-state index contributed by atoms with van der Waals surface area (Å²) in [7, 11) is 1.50. The van der Waals surface area contributed by atoms with E-state index in [1.165, 1.54) is 11.6 Å². The summed E-state index contributed by atoms with van der Waals surface area (Å²) in [6.45, 7) is 5.69. The number of carbonyl (C=O) groups is 1. The predicted molar refractivity (Wildman–Crippen MR) is 102 cm³/mol. The Kier molecular flexibility index (Phi) is 4.89. The standard InChI is InChI=1S/C19H21N5O3/c1-10(2)15(12-6-5-7-20-9-12)22-17(25)13-8-11(3)21-16-14(13)18(26)23-19(27)24(16)4/h5-10,15H,1-4H3,(H,22,25)(H,23,26,27). The van der Waals surface area contributed by atoms with E-state index in [0.717, 1.165) is 5.56 Å². The van der Waals surface area contributed by atoms with Crippen molar-refractivity contribution in [3.63, 3.8) is 0 Å². The molecule has 0 fully saturated rings. The van der Waals surface area contributed by atoms with Gasteiger partial charge >= 0.3 is 5.69 Å². The molecular weight excluding hydrogens is 346 g/mol. The van der Waals surface area contributed by atoms with Crippen molar-refractivity contribution in [2.75, 3.05) is 0 Å². The SMILES string of the molecule is Cc1cc(C(=O)NC(c2cccnc2)C(C)C)c2c(=O)[nH]c(=O)n(C)c2n1. The van der Waals surface area contributed by atoms with Crippen molar-refractivity contribution in [3.8, 4) is 0 Å². The van der Waals surface area contributed by atoms with Gasteiger partial charge in [-0.15, -0.1) is 0 Å². The molecule has 3 aromatic rings. The predicted octanol–water partition coefficient (Wildman–Crippen LogP) is 1.45.